The van der Waals surface area contributed by atoms with E-state index < -0.39 is 37.7 Å². The third-order valence-corrected chi connectivity index (χ3v) is 11.8. The average Bonchev–Trinajstić information content (AvgIpc) is 3.55. The zero-order chi connectivity index (χ0) is 31.2. The van der Waals surface area contributed by atoms with E-state index in [9.17, 15) is 26.0 Å². The maximum Gasteiger partial charge on any atom is 0.255 e. The van der Waals surface area contributed by atoms with Crippen LogP contribution in [0.1, 0.15) is 55.3 Å². The van der Waals surface area contributed by atoms with Gasteiger partial charge in [0.15, 0.2) is 0 Å². The number of halogens is 3. The Hall–Kier alpha value is -2.35. The molecule has 0 saturated heterocycles. The number of amides is 2. The van der Waals surface area contributed by atoms with E-state index in [4.69, 9.17) is 9.47 Å². The Labute approximate surface area is 254 Å². The van der Waals surface area contributed by atoms with Gasteiger partial charge < -0.3 is 24.9 Å². The van der Waals surface area contributed by atoms with Crippen molar-refractivity contribution in [3.05, 3.63) is 42.0 Å². The number of ether oxygens (including phenoxy) is 2. The van der Waals surface area contributed by atoms with Gasteiger partial charge in [-0.1, -0.05) is 6.07 Å². The quantitative estimate of drug-likeness (QED) is 0.240. The number of hydrogen-bond acceptors (Lipinski definition) is 5. The van der Waals surface area contributed by atoms with Crippen molar-refractivity contribution in [1.82, 2.24) is 5.32 Å². The fourth-order valence-electron chi connectivity index (χ4n) is 6.80. The Balaban J connectivity index is 1.33. The summed E-state index contributed by atoms with van der Waals surface area (Å²) >= 11 is 0. The van der Waals surface area contributed by atoms with Crippen molar-refractivity contribution in [2.24, 2.45) is 23.7 Å². The topological polar surface area (TPSA) is 93.7 Å². The number of hydrogen-bond donors (Lipinski definition) is 2. The lowest BCUT2D eigenvalue weighted by Crippen LogP contribution is -2.48. The minimum Gasteiger partial charge on any atom is -0.496 e. The maximum atomic E-state index is 14.6. The highest BCUT2D eigenvalue weighted by Gasteiger charge is 2.54. The molecule has 7 nitrogen and oxygen atoms in total. The van der Waals surface area contributed by atoms with Gasteiger partial charge in [0.1, 0.15) is 17.8 Å². The maximum absolute atomic E-state index is 14.6. The molecule has 5 rings (SSSR count). The van der Waals surface area contributed by atoms with Gasteiger partial charge in [-0.3, -0.25) is 9.59 Å². The number of nitrogens with one attached hydrogen (secondary N) is 2. The lowest BCUT2D eigenvalue weighted by atomic mass is 9.83. The SMILES string of the molecule is COc1cc(P)c(O[C@H]2CC[C@@H](C=O)CC2)cc1C(=O)N[C@H]1[C@H]2CC[C@H](C2)[C@H]1C(=O)Nc1cccc(S(C)(F)(F)(F)P)c1. The minimum atomic E-state index is -7.02. The summed E-state index contributed by atoms with van der Waals surface area (Å²) in [6, 6.07) is 7.59. The van der Waals surface area contributed by atoms with E-state index in [1.807, 2.05) is 0 Å². The predicted molar refractivity (Wildman–Crippen MR) is 170 cm³/mol. The van der Waals surface area contributed by atoms with Gasteiger partial charge in [-0.15, -0.1) is 20.9 Å². The summed E-state index contributed by atoms with van der Waals surface area (Å²) in [5, 5.41) is 6.50. The first-order chi connectivity index (χ1) is 20.1. The number of aldehydes is 1. The molecule has 0 spiro atoms. The molecule has 3 fully saturated rings. The fourth-order valence-corrected chi connectivity index (χ4v) is 8.43. The van der Waals surface area contributed by atoms with Crippen LogP contribution in [0.4, 0.5) is 17.3 Å². The molecule has 2 unspecified atom stereocenters. The third-order valence-electron chi connectivity index (χ3n) is 9.04. The van der Waals surface area contributed by atoms with Gasteiger partial charge in [-0.25, -0.2) is 0 Å². The van der Waals surface area contributed by atoms with Crippen LogP contribution < -0.4 is 25.4 Å². The second kappa shape index (κ2) is 11.2. The number of rotatable bonds is 9. The van der Waals surface area contributed by atoms with Gasteiger partial charge in [-0.2, -0.15) is 0 Å². The highest BCUT2D eigenvalue weighted by molar-refractivity contribution is 8.84. The van der Waals surface area contributed by atoms with Crippen molar-refractivity contribution in [1.29, 1.82) is 0 Å². The lowest BCUT2D eigenvalue weighted by molar-refractivity contribution is -0.122. The molecule has 2 aromatic carbocycles. The molecule has 0 radical (unpaired) electrons. The molecule has 3 aliphatic carbocycles. The minimum absolute atomic E-state index is 0.0244. The molecule has 3 saturated carbocycles. The Bertz CT molecular complexity index is 1430. The van der Waals surface area contributed by atoms with Crippen molar-refractivity contribution < 1.29 is 35.5 Å². The zero-order valence-electron chi connectivity index (χ0n) is 24.2. The van der Waals surface area contributed by atoms with Gasteiger partial charge in [0.25, 0.3) is 5.91 Å². The van der Waals surface area contributed by atoms with Crippen molar-refractivity contribution in [3.8, 4) is 11.5 Å². The summed E-state index contributed by atoms with van der Waals surface area (Å²) < 4.78 is 55.7. The Kier molecular flexibility index (Phi) is 8.37. The molecule has 13 heteroatoms. The molecular formula is C30H39F3N2O5P2S. The molecule has 0 heterocycles. The van der Waals surface area contributed by atoms with E-state index in [0.29, 0.717) is 11.5 Å². The van der Waals surface area contributed by atoms with Crippen molar-refractivity contribution >= 4 is 55.8 Å². The predicted octanol–water partition coefficient (Wildman–Crippen LogP) is 6.42. The number of carbonyl (C=O) groups excluding carboxylic acids is 3. The molecule has 2 bridgehead atoms. The van der Waals surface area contributed by atoms with Gasteiger partial charge in [0.2, 0.25) is 5.91 Å². The normalized spacial score (nSPS) is 28.3. The summed E-state index contributed by atoms with van der Waals surface area (Å²) in [5.74, 6) is -0.338. The van der Waals surface area contributed by atoms with Crippen LogP contribution in [-0.4, -0.2) is 43.6 Å². The van der Waals surface area contributed by atoms with E-state index in [0.717, 1.165) is 77.1 Å². The Morgan fingerprint density at radius 2 is 1.70 bits per heavy atom. The van der Waals surface area contributed by atoms with Crippen LogP contribution in [0.15, 0.2) is 41.3 Å². The van der Waals surface area contributed by atoms with Crippen LogP contribution >= 0.6 is 26.8 Å². The van der Waals surface area contributed by atoms with Crippen LogP contribution in [0.5, 0.6) is 11.5 Å². The smallest absolute Gasteiger partial charge is 0.255 e. The first kappa shape index (κ1) is 32.1. The number of fused-ring (bicyclic) bond motifs is 2. The van der Waals surface area contributed by atoms with Gasteiger partial charge in [-0.05, 0) is 95.6 Å². The molecule has 0 aliphatic heterocycles. The summed E-state index contributed by atoms with van der Waals surface area (Å²) in [4.78, 5) is 37.6. The molecule has 6 atom stereocenters. The molecule has 2 N–H and O–H groups in total. The molecule has 43 heavy (non-hydrogen) atoms. The van der Waals surface area contributed by atoms with E-state index in [1.165, 1.54) is 19.2 Å². The molecule has 2 aromatic rings. The van der Waals surface area contributed by atoms with Crippen LogP contribution in [0.2, 0.25) is 0 Å². The number of methoxy groups -OCH3 is 1. The van der Waals surface area contributed by atoms with Crippen molar-refractivity contribution in [3.63, 3.8) is 0 Å². The molecule has 0 aromatic heterocycles. The van der Waals surface area contributed by atoms with Crippen LogP contribution in [0, 0.1) is 23.7 Å². The first-order valence-corrected chi connectivity index (χ1v) is 19.1. The highest BCUT2D eigenvalue weighted by atomic mass is 32.9. The number of anilines is 1. The second-order valence-electron chi connectivity index (χ2n) is 12.5. The van der Waals surface area contributed by atoms with E-state index in [1.54, 1.807) is 12.1 Å². The molecule has 2 amide bonds. The molecule has 236 valence electrons. The van der Waals surface area contributed by atoms with Gasteiger partial charge in [0, 0.05) is 29.2 Å². The van der Waals surface area contributed by atoms with E-state index in [2.05, 4.69) is 19.9 Å². The van der Waals surface area contributed by atoms with Gasteiger partial charge >= 0.3 is 0 Å². The fraction of sp³-hybridized carbons (Fsp3) is 0.500. The summed E-state index contributed by atoms with van der Waals surface area (Å²) in [5.41, 5.74) is 0.340. The number of carbonyl (C=O) groups is 3. The first-order valence-electron chi connectivity index (χ1n) is 14.4. The zero-order valence-corrected chi connectivity index (χ0v) is 27.3. The molecular weight excluding hydrogens is 619 g/mol. The summed E-state index contributed by atoms with van der Waals surface area (Å²) in [7, 11) is -1.87. The standard InChI is InChI=1S/C30H39F3N2O5P2S/c1-39-24-15-26(41)25(40-21-10-6-17(16-36)7-11-21)14-23(24)29(37)35-28-19-9-8-18(12-19)27(28)30(38)34-20-4-3-5-22(13-20)43(2,31,32,33)42/h3-5,13-19,21,27-28H,6-12,41-42H2,1-2H3,(H,34,38)(H,35,37)/t17-,18-,19+,21+,27-,28+/m1/s1. The third kappa shape index (κ3) is 7.15. The lowest BCUT2D eigenvalue weighted by Gasteiger charge is -2.51. The van der Waals surface area contributed by atoms with Crippen molar-refractivity contribution in [2.45, 2.75) is 62.0 Å². The van der Waals surface area contributed by atoms with E-state index >= 15 is 0 Å². The summed E-state index contributed by atoms with van der Waals surface area (Å²) in [6.07, 6.45) is 6.65. The highest BCUT2D eigenvalue weighted by Crippen LogP contribution is 3.02. The average molecular weight is 659 g/mol. The van der Waals surface area contributed by atoms with Crippen LogP contribution in [0.25, 0.3) is 0 Å². The van der Waals surface area contributed by atoms with Crippen LogP contribution in [0.3, 0.4) is 0 Å². The van der Waals surface area contributed by atoms with Gasteiger partial charge in [0.05, 0.1) is 38.7 Å². The van der Waals surface area contributed by atoms with E-state index in [-0.39, 0.29) is 41.4 Å². The number of benzene rings is 2. The summed E-state index contributed by atoms with van der Waals surface area (Å²) in [6.45, 7) is 0. The van der Waals surface area contributed by atoms with Crippen molar-refractivity contribution in [2.75, 3.05) is 18.7 Å². The second-order valence-corrected chi connectivity index (χ2v) is 20.7. The Morgan fingerprint density at radius 1 is 1.00 bits per heavy atom. The monoisotopic (exact) mass is 658 g/mol. The largest absolute Gasteiger partial charge is 0.496 e. The van der Waals surface area contributed by atoms with Crippen LogP contribution in [-0.2, 0) is 9.59 Å². The Morgan fingerprint density at radius 3 is 2.35 bits per heavy atom. The molecule has 3 aliphatic rings.